The van der Waals surface area contributed by atoms with Crippen LogP contribution >= 0.6 is 23.2 Å². The lowest BCUT2D eigenvalue weighted by molar-refractivity contribution is 0.926. The molecule has 4 aromatic heterocycles. The number of nitrogens with one attached hydrogen (secondary N) is 1. The molecule has 5 rings (SSSR count). The summed E-state index contributed by atoms with van der Waals surface area (Å²) < 4.78 is 2.84. The summed E-state index contributed by atoms with van der Waals surface area (Å²) in [5, 5.41) is 8.09. The van der Waals surface area contributed by atoms with Crippen LogP contribution < -0.4 is 11.1 Å². The summed E-state index contributed by atoms with van der Waals surface area (Å²) >= 11 is 12.1. The van der Waals surface area contributed by atoms with Crippen molar-refractivity contribution in [3.05, 3.63) is 91.8 Å². The van der Waals surface area contributed by atoms with E-state index in [0.717, 1.165) is 0 Å². The van der Waals surface area contributed by atoms with Crippen molar-refractivity contribution in [3.8, 4) is 11.5 Å². The number of hydrogen-bond acceptors (Lipinski definition) is 4. The molecule has 1 N–H and O–H groups in total. The molecule has 29 heavy (non-hydrogen) atoms. The van der Waals surface area contributed by atoms with Crippen LogP contribution in [0.3, 0.4) is 0 Å². The van der Waals surface area contributed by atoms with Crippen molar-refractivity contribution >= 4 is 45.0 Å². The number of benzene rings is 1. The van der Waals surface area contributed by atoms with Gasteiger partial charge in [0.05, 0.1) is 33.7 Å². The topological polar surface area (TPSA) is 85.6 Å². The highest BCUT2D eigenvalue weighted by Crippen LogP contribution is 2.22. The van der Waals surface area contributed by atoms with Gasteiger partial charge in [0.15, 0.2) is 0 Å². The Morgan fingerprint density at radius 1 is 0.793 bits per heavy atom. The second kappa shape index (κ2) is 6.58. The molecule has 0 spiro atoms. The van der Waals surface area contributed by atoms with Gasteiger partial charge in [0, 0.05) is 28.5 Å². The molecule has 9 heteroatoms. The van der Waals surface area contributed by atoms with Crippen LogP contribution in [0, 0.1) is 0 Å². The first-order chi connectivity index (χ1) is 14.0. The van der Waals surface area contributed by atoms with Crippen molar-refractivity contribution in [2.45, 2.75) is 0 Å². The van der Waals surface area contributed by atoms with Gasteiger partial charge in [0.25, 0.3) is 11.1 Å². The molecule has 1 aromatic carbocycles. The maximum atomic E-state index is 13.1. The van der Waals surface area contributed by atoms with E-state index in [1.807, 2.05) is 0 Å². The highest BCUT2D eigenvalue weighted by Gasteiger charge is 2.12. The van der Waals surface area contributed by atoms with Crippen LogP contribution in [-0.4, -0.2) is 24.3 Å². The van der Waals surface area contributed by atoms with Crippen molar-refractivity contribution in [1.29, 1.82) is 0 Å². The third kappa shape index (κ3) is 2.91. The molecule has 142 valence electrons. The van der Waals surface area contributed by atoms with Crippen LogP contribution in [0.25, 0.3) is 33.3 Å². The zero-order valence-corrected chi connectivity index (χ0v) is 16.1. The zero-order valence-electron chi connectivity index (χ0n) is 14.6. The van der Waals surface area contributed by atoms with Crippen LogP contribution in [0.1, 0.15) is 0 Å². The van der Waals surface area contributed by atoms with Gasteiger partial charge >= 0.3 is 0 Å². The number of aromatic nitrogens is 5. The molecule has 0 saturated carbocycles. The summed E-state index contributed by atoms with van der Waals surface area (Å²) in [7, 11) is 0. The number of nitrogens with zero attached hydrogens (tertiary/aromatic N) is 4. The monoisotopic (exact) mass is 423 g/mol. The number of fused-ring (bicyclic) bond motifs is 2. The lowest BCUT2D eigenvalue weighted by atomic mass is 10.2. The fraction of sp³-hybridized carbons (Fsp3) is 0. The number of H-pyrrole nitrogens is 1. The maximum Gasteiger partial charge on any atom is 0.265 e. The molecule has 0 radical (unpaired) electrons. The van der Waals surface area contributed by atoms with Crippen molar-refractivity contribution in [2.24, 2.45) is 0 Å². The van der Waals surface area contributed by atoms with Gasteiger partial charge in [-0.2, -0.15) is 5.10 Å². The van der Waals surface area contributed by atoms with E-state index in [1.165, 1.54) is 9.13 Å². The minimum atomic E-state index is -0.327. The van der Waals surface area contributed by atoms with Crippen molar-refractivity contribution in [2.75, 3.05) is 0 Å². The SMILES string of the molecule is O=c1c2cc3c(=O)n(-c4ccn[nH]4)ccc3nc2ccn1-c1cc(Cl)cc(Cl)c1. The van der Waals surface area contributed by atoms with Crippen molar-refractivity contribution in [3.63, 3.8) is 0 Å². The predicted molar refractivity (Wildman–Crippen MR) is 113 cm³/mol. The fourth-order valence-electron chi connectivity index (χ4n) is 3.28. The summed E-state index contributed by atoms with van der Waals surface area (Å²) in [6.45, 7) is 0. The van der Waals surface area contributed by atoms with Gasteiger partial charge in [-0.25, -0.2) is 4.98 Å². The van der Waals surface area contributed by atoms with E-state index in [4.69, 9.17) is 23.2 Å². The molecule has 7 nitrogen and oxygen atoms in total. The first-order valence-electron chi connectivity index (χ1n) is 8.55. The Morgan fingerprint density at radius 3 is 2.03 bits per heavy atom. The first kappa shape index (κ1) is 17.7. The largest absolute Gasteiger partial charge is 0.284 e. The van der Waals surface area contributed by atoms with Gasteiger partial charge in [-0.15, -0.1) is 0 Å². The van der Waals surface area contributed by atoms with Crippen LogP contribution in [0.5, 0.6) is 0 Å². The average Bonchev–Trinajstić information content (AvgIpc) is 3.21. The third-order valence-corrected chi connectivity index (χ3v) is 5.05. The first-order valence-corrected chi connectivity index (χ1v) is 9.31. The molecule has 0 aliphatic rings. The number of hydrogen-bond donors (Lipinski definition) is 1. The number of pyridine rings is 3. The highest BCUT2D eigenvalue weighted by molar-refractivity contribution is 6.34. The summed E-state index contributed by atoms with van der Waals surface area (Å²) in [5.41, 5.74) is 0.887. The van der Waals surface area contributed by atoms with Crippen molar-refractivity contribution < 1.29 is 0 Å². The Labute approximate surface area is 172 Å². The minimum Gasteiger partial charge on any atom is -0.284 e. The molecule has 0 fully saturated rings. The van der Waals surface area contributed by atoms with E-state index in [9.17, 15) is 9.59 Å². The smallest absolute Gasteiger partial charge is 0.265 e. The van der Waals surface area contributed by atoms with Gasteiger partial charge < -0.3 is 0 Å². The maximum absolute atomic E-state index is 13.1. The Hall–Kier alpha value is -3.42. The van der Waals surface area contributed by atoms with Crippen molar-refractivity contribution in [1.82, 2.24) is 24.3 Å². The standard InChI is InChI=1S/C20H11Cl2N5O2/c21-11-7-12(22)9-13(8-11)26-5-2-16-14(19(26)28)10-15-17(24-16)3-6-27(20(15)29)18-1-4-23-25-18/h1-10H,(H,23,25). The minimum absolute atomic E-state index is 0.304. The molecular weight excluding hydrogens is 413 g/mol. The molecule has 5 aromatic rings. The molecule has 0 amide bonds. The van der Waals surface area contributed by atoms with E-state index in [1.54, 1.807) is 61.1 Å². The zero-order chi connectivity index (χ0) is 20.1. The molecular formula is C20H11Cl2N5O2. The van der Waals surface area contributed by atoms with Crippen LogP contribution in [-0.2, 0) is 0 Å². The number of aromatic amines is 1. The van der Waals surface area contributed by atoms with Gasteiger partial charge in [-0.05, 0) is 36.4 Å². The van der Waals surface area contributed by atoms with Gasteiger partial charge in [0.2, 0.25) is 0 Å². The second-order valence-electron chi connectivity index (χ2n) is 6.41. The van der Waals surface area contributed by atoms with Gasteiger partial charge in [-0.1, -0.05) is 23.2 Å². The van der Waals surface area contributed by atoms with E-state index in [2.05, 4.69) is 15.2 Å². The lowest BCUT2D eigenvalue weighted by Crippen LogP contribution is -2.21. The molecule has 0 unspecified atom stereocenters. The highest BCUT2D eigenvalue weighted by atomic mass is 35.5. The third-order valence-electron chi connectivity index (χ3n) is 4.61. The van der Waals surface area contributed by atoms with E-state index in [0.29, 0.717) is 43.4 Å². The molecule has 0 saturated heterocycles. The summed E-state index contributed by atoms with van der Waals surface area (Å²) in [4.78, 5) is 30.6. The quantitative estimate of drug-likeness (QED) is 0.438. The van der Waals surface area contributed by atoms with E-state index >= 15 is 0 Å². The average molecular weight is 424 g/mol. The van der Waals surface area contributed by atoms with E-state index < -0.39 is 0 Å². The number of rotatable bonds is 2. The Balaban J connectivity index is 1.80. The van der Waals surface area contributed by atoms with Crippen LogP contribution in [0.4, 0.5) is 0 Å². The molecule has 0 aliphatic carbocycles. The molecule has 4 heterocycles. The normalized spacial score (nSPS) is 11.4. The second-order valence-corrected chi connectivity index (χ2v) is 7.28. The molecule has 0 atom stereocenters. The van der Waals surface area contributed by atoms with E-state index in [-0.39, 0.29) is 11.1 Å². The Morgan fingerprint density at radius 2 is 1.41 bits per heavy atom. The Kier molecular flexibility index (Phi) is 4.01. The summed E-state index contributed by atoms with van der Waals surface area (Å²) in [5.74, 6) is 0.524. The molecule has 0 aliphatic heterocycles. The van der Waals surface area contributed by atoms with Crippen LogP contribution in [0.15, 0.2) is 70.6 Å². The summed E-state index contributed by atoms with van der Waals surface area (Å²) in [6.07, 6.45) is 4.78. The lowest BCUT2D eigenvalue weighted by Gasteiger charge is -2.09. The Bertz CT molecular complexity index is 1500. The van der Waals surface area contributed by atoms with Gasteiger partial charge in [-0.3, -0.25) is 23.8 Å². The summed E-state index contributed by atoms with van der Waals surface area (Å²) in [6, 6.07) is 11.5. The fourth-order valence-corrected chi connectivity index (χ4v) is 3.79. The van der Waals surface area contributed by atoms with Crippen LogP contribution in [0.2, 0.25) is 10.0 Å². The molecule has 0 bridgehead atoms. The van der Waals surface area contributed by atoms with Gasteiger partial charge in [0.1, 0.15) is 5.82 Å². The number of halogens is 2. The predicted octanol–water partition coefficient (Wildman–Crippen LogP) is 3.72.